The number of fused-ring (bicyclic) bond motifs is 3. The Morgan fingerprint density at radius 3 is 2.19 bits per heavy atom. The van der Waals surface area contributed by atoms with Crippen LogP contribution >= 0.6 is 0 Å². The third kappa shape index (κ3) is 4.74. The summed E-state index contributed by atoms with van der Waals surface area (Å²) in [4.78, 5) is 14.0. The number of methoxy groups -OCH3 is 1. The minimum atomic E-state index is -2.35. The second-order valence-electron chi connectivity index (χ2n) is 16.6. The van der Waals surface area contributed by atoms with Crippen LogP contribution in [0.3, 0.4) is 0 Å². The SMILES string of the molecule is COCO[C@@H]1C[C@]2(C)[C@@H](OC(C)(C)C)C[C@H](O)[C@](O)(CO[Si](C)(C)C(C)(C)C)[C@@H]2[C@H]2O[C@]23C(=O)C=C(C)[C@@]1(O)C3(C)C. The largest absolute Gasteiger partial charge is 0.414 e. The van der Waals surface area contributed by atoms with Crippen molar-refractivity contribution < 1.29 is 43.5 Å². The van der Waals surface area contributed by atoms with E-state index < -0.39 is 71.9 Å². The van der Waals surface area contributed by atoms with Crippen molar-refractivity contribution in [2.75, 3.05) is 20.5 Å². The highest BCUT2D eigenvalue weighted by Crippen LogP contribution is 2.70. The number of carbonyl (C=O) groups is 1. The summed E-state index contributed by atoms with van der Waals surface area (Å²) in [6, 6.07) is 0. The molecule has 3 N–H and O–H groups in total. The normalized spacial score (nSPS) is 43.6. The predicted octanol–water partition coefficient (Wildman–Crippen LogP) is 4.13. The van der Waals surface area contributed by atoms with Crippen molar-refractivity contribution in [3.05, 3.63) is 11.6 Å². The highest BCUT2D eigenvalue weighted by atomic mass is 28.4. The summed E-state index contributed by atoms with van der Waals surface area (Å²) in [6.07, 6.45) is -1.52. The van der Waals surface area contributed by atoms with Crippen molar-refractivity contribution in [2.24, 2.45) is 16.7 Å². The Morgan fingerprint density at radius 2 is 1.67 bits per heavy atom. The molecule has 0 radical (unpaired) electrons. The first kappa shape index (κ1) is 34.2. The molecule has 0 aromatic rings. The van der Waals surface area contributed by atoms with Crippen molar-refractivity contribution in [3.63, 3.8) is 0 Å². The fraction of sp³-hybridized carbons (Fsp3) is 0.906. The van der Waals surface area contributed by atoms with Crippen LogP contribution in [0.1, 0.15) is 82.1 Å². The maximum Gasteiger partial charge on any atom is 0.192 e. The van der Waals surface area contributed by atoms with Gasteiger partial charge in [0, 0.05) is 30.3 Å². The lowest BCUT2D eigenvalue weighted by atomic mass is 9.46. The van der Waals surface area contributed by atoms with E-state index in [2.05, 4.69) is 33.9 Å². The third-order valence-corrected chi connectivity index (χ3v) is 16.1. The number of hydrogen-bond donors (Lipinski definition) is 3. The molecule has 0 amide bonds. The van der Waals surface area contributed by atoms with E-state index in [1.807, 2.05) is 41.5 Å². The van der Waals surface area contributed by atoms with E-state index in [4.69, 9.17) is 23.4 Å². The molecule has 1 aliphatic heterocycles. The lowest BCUT2D eigenvalue weighted by Gasteiger charge is -2.62. The Labute approximate surface area is 253 Å². The molecule has 9 nitrogen and oxygen atoms in total. The summed E-state index contributed by atoms with van der Waals surface area (Å²) in [6.45, 7) is 23.7. The smallest absolute Gasteiger partial charge is 0.192 e. The van der Waals surface area contributed by atoms with E-state index in [1.54, 1.807) is 6.92 Å². The van der Waals surface area contributed by atoms with E-state index in [9.17, 15) is 20.1 Å². The second-order valence-corrected chi connectivity index (χ2v) is 21.4. The van der Waals surface area contributed by atoms with Crippen molar-refractivity contribution in [1.29, 1.82) is 0 Å². The molecule has 0 aromatic carbocycles. The van der Waals surface area contributed by atoms with Gasteiger partial charge < -0.3 is 38.7 Å². The summed E-state index contributed by atoms with van der Waals surface area (Å²) in [7, 11) is -0.830. The molecule has 4 aliphatic rings. The van der Waals surface area contributed by atoms with Gasteiger partial charge in [-0.25, -0.2) is 0 Å². The fourth-order valence-electron chi connectivity index (χ4n) is 8.03. The van der Waals surface area contributed by atoms with Gasteiger partial charge in [-0.2, -0.15) is 0 Å². The van der Waals surface area contributed by atoms with Crippen LogP contribution in [0.25, 0.3) is 0 Å². The number of ketones is 1. The van der Waals surface area contributed by atoms with Crippen LogP contribution in [0.2, 0.25) is 18.1 Å². The molecule has 3 fully saturated rings. The lowest BCUT2D eigenvalue weighted by molar-refractivity contribution is -0.278. The molecular weight excluding hydrogens is 556 g/mol. The Morgan fingerprint density at radius 1 is 1.07 bits per heavy atom. The molecule has 0 aromatic heterocycles. The van der Waals surface area contributed by atoms with Gasteiger partial charge in [0.25, 0.3) is 0 Å². The molecule has 9 atom stereocenters. The Hall–Kier alpha value is -0.693. The molecule has 2 bridgehead atoms. The topological polar surface area (TPSA) is 127 Å². The summed E-state index contributed by atoms with van der Waals surface area (Å²) >= 11 is 0. The highest BCUT2D eigenvalue weighted by molar-refractivity contribution is 6.74. The number of carbonyl (C=O) groups excluding carboxylic acids is 1. The molecular formula is C32H56O9Si. The van der Waals surface area contributed by atoms with Crippen molar-refractivity contribution in [1.82, 2.24) is 0 Å². The molecule has 1 heterocycles. The van der Waals surface area contributed by atoms with Crippen LogP contribution in [-0.4, -0.2) is 96.7 Å². The molecule has 242 valence electrons. The van der Waals surface area contributed by atoms with Crippen LogP contribution < -0.4 is 0 Å². The Bertz CT molecular complexity index is 1110. The number of ether oxygens (including phenoxy) is 4. The predicted molar refractivity (Wildman–Crippen MR) is 161 cm³/mol. The molecule has 42 heavy (non-hydrogen) atoms. The minimum absolute atomic E-state index is 0.0749. The molecule has 3 aliphatic carbocycles. The molecule has 10 heteroatoms. The van der Waals surface area contributed by atoms with Gasteiger partial charge in [0.2, 0.25) is 0 Å². The van der Waals surface area contributed by atoms with E-state index in [1.165, 1.54) is 13.2 Å². The summed E-state index contributed by atoms with van der Waals surface area (Å²) < 4.78 is 31.4. The van der Waals surface area contributed by atoms with Gasteiger partial charge in [-0.1, -0.05) is 41.5 Å². The van der Waals surface area contributed by atoms with E-state index in [0.29, 0.717) is 5.57 Å². The molecule has 0 unspecified atom stereocenters. The quantitative estimate of drug-likeness (QED) is 0.221. The van der Waals surface area contributed by atoms with Crippen LogP contribution in [0.4, 0.5) is 0 Å². The molecule has 4 rings (SSSR count). The first-order valence-corrected chi connectivity index (χ1v) is 18.2. The molecule has 2 saturated carbocycles. The van der Waals surface area contributed by atoms with Gasteiger partial charge in [0.05, 0.1) is 30.5 Å². The first-order chi connectivity index (χ1) is 18.9. The van der Waals surface area contributed by atoms with Gasteiger partial charge in [-0.15, -0.1) is 0 Å². The molecule has 1 spiro atoms. The Kier molecular flexibility index (Phi) is 8.27. The maximum absolute atomic E-state index is 14.0. The van der Waals surface area contributed by atoms with Gasteiger partial charge in [-0.3, -0.25) is 4.79 Å². The number of aliphatic hydroxyl groups is 3. The second kappa shape index (κ2) is 10.2. The van der Waals surface area contributed by atoms with Crippen molar-refractivity contribution in [3.8, 4) is 0 Å². The summed E-state index contributed by atoms with van der Waals surface area (Å²) in [5.41, 5.74) is -6.90. The van der Waals surface area contributed by atoms with Gasteiger partial charge in [0.1, 0.15) is 24.1 Å². The van der Waals surface area contributed by atoms with E-state index >= 15 is 0 Å². The van der Waals surface area contributed by atoms with Crippen LogP contribution in [0.5, 0.6) is 0 Å². The minimum Gasteiger partial charge on any atom is -0.414 e. The lowest BCUT2D eigenvalue weighted by Crippen LogP contribution is -2.74. The van der Waals surface area contributed by atoms with E-state index in [0.717, 1.165) is 0 Å². The van der Waals surface area contributed by atoms with Gasteiger partial charge in [-0.05, 0) is 63.9 Å². The average molecular weight is 613 g/mol. The average Bonchev–Trinajstić information content (AvgIpc) is 3.57. The van der Waals surface area contributed by atoms with Gasteiger partial charge in [0.15, 0.2) is 19.7 Å². The maximum atomic E-state index is 14.0. The summed E-state index contributed by atoms with van der Waals surface area (Å²) in [5, 5.41) is 37.1. The summed E-state index contributed by atoms with van der Waals surface area (Å²) in [5.74, 6) is -1.03. The fourth-order valence-corrected chi connectivity index (χ4v) is 9.06. The third-order valence-electron chi connectivity index (χ3n) is 11.6. The zero-order valence-corrected chi connectivity index (χ0v) is 29.1. The zero-order valence-electron chi connectivity index (χ0n) is 28.1. The van der Waals surface area contributed by atoms with Crippen LogP contribution in [-0.2, 0) is 28.2 Å². The monoisotopic (exact) mass is 612 g/mol. The number of rotatable bonds is 7. The zero-order chi connectivity index (χ0) is 32.1. The van der Waals surface area contributed by atoms with Crippen molar-refractivity contribution >= 4 is 14.1 Å². The molecule has 1 saturated heterocycles. The standard InChI is InChI=1S/C32H56O9Si/c1-19-14-21(34)32-25(41-32)24-29(10,16-23(38-18-37-11)31(19,36)28(32,8)9)22(40-26(2,3)4)15-20(33)30(24,35)17-39-42(12,13)27(5,6)7/h14,20,22-25,33,35-36H,15-18H2,1-13H3/t20-,22-,23+,24+,25+,29+,30+,31-,32+/m0/s1. The van der Waals surface area contributed by atoms with Crippen molar-refractivity contribution in [2.45, 2.75) is 147 Å². The van der Waals surface area contributed by atoms with Gasteiger partial charge >= 0.3 is 0 Å². The highest BCUT2D eigenvalue weighted by Gasteiger charge is 2.84. The van der Waals surface area contributed by atoms with Crippen LogP contribution in [0.15, 0.2) is 11.6 Å². The first-order valence-electron chi connectivity index (χ1n) is 15.3. The van der Waals surface area contributed by atoms with E-state index in [-0.39, 0.29) is 37.1 Å². The Balaban J connectivity index is 1.95. The number of epoxide rings is 1. The number of aliphatic hydroxyl groups excluding tert-OH is 1. The number of hydrogen-bond acceptors (Lipinski definition) is 9. The van der Waals surface area contributed by atoms with Crippen LogP contribution in [0, 0.1) is 16.7 Å².